The monoisotopic (exact) mass is 379 g/mol. The van der Waals surface area contributed by atoms with Crippen molar-refractivity contribution in [3.63, 3.8) is 0 Å². The summed E-state index contributed by atoms with van der Waals surface area (Å²) in [4.78, 5) is 13.2. The van der Waals surface area contributed by atoms with Gasteiger partial charge in [-0.25, -0.2) is 15.0 Å². The summed E-state index contributed by atoms with van der Waals surface area (Å²) in [5, 5.41) is 1.58. The van der Waals surface area contributed by atoms with E-state index in [1.54, 1.807) is 41.1 Å². The Hall–Kier alpha value is -1.08. The van der Waals surface area contributed by atoms with Gasteiger partial charge in [-0.1, -0.05) is 47.3 Å². The maximum atomic E-state index is 6.00. The van der Waals surface area contributed by atoms with Crippen LogP contribution in [0.3, 0.4) is 0 Å². The summed E-state index contributed by atoms with van der Waals surface area (Å²) < 4.78 is 2.21. The molecule has 23 heavy (non-hydrogen) atoms. The molecule has 2 heterocycles. The van der Waals surface area contributed by atoms with Crippen LogP contribution in [0.2, 0.25) is 5.02 Å². The van der Waals surface area contributed by atoms with Crippen molar-refractivity contribution in [2.75, 3.05) is 11.5 Å². The Morgan fingerprint density at radius 1 is 1.13 bits per heavy atom. The summed E-state index contributed by atoms with van der Waals surface area (Å²) in [6, 6.07) is 7.71. The first-order chi connectivity index (χ1) is 11.2. The number of nitrogens with zero attached hydrogens (tertiary/aromatic N) is 3. The highest BCUT2D eigenvalue weighted by atomic mass is 35.5. The fourth-order valence-electron chi connectivity index (χ4n) is 1.81. The molecule has 1 aromatic carbocycles. The number of aryl methyl sites for hydroxylation is 1. The molecule has 0 aliphatic heterocycles. The van der Waals surface area contributed by atoms with Crippen molar-refractivity contribution in [1.82, 2.24) is 15.0 Å². The quantitative estimate of drug-likeness (QED) is 0.321. The lowest BCUT2D eigenvalue weighted by atomic mass is 10.3. The summed E-state index contributed by atoms with van der Waals surface area (Å²) in [6.07, 6.45) is 6.10. The molecule has 0 spiro atoms. The van der Waals surface area contributed by atoms with Crippen LogP contribution in [-0.4, -0.2) is 26.5 Å². The number of rotatable bonds is 6. The summed E-state index contributed by atoms with van der Waals surface area (Å²) in [5.41, 5.74) is 2.01. The third kappa shape index (κ3) is 4.94. The topological polar surface area (TPSA) is 38.7 Å². The lowest BCUT2D eigenvalue weighted by molar-refractivity contribution is 0.934. The molecule has 0 saturated heterocycles. The molecule has 2 aromatic heterocycles. The second kappa shape index (κ2) is 8.15. The second-order valence-corrected chi connectivity index (χ2v) is 8.39. The molecule has 0 unspecified atom stereocenters. The molecule has 0 amide bonds. The van der Waals surface area contributed by atoms with Crippen molar-refractivity contribution in [2.45, 2.75) is 16.4 Å². The molecule has 3 rings (SSSR count). The maximum absolute atomic E-state index is 6.00. The van der Waals surface area contributed by atoms with E-state index in [1.807, 2.05) is 31.2 Å². The highest BCUT2D eigenvalue weighted by Gasteiger charge is 2.04. The van der Waals surface area contributed by atoms with Crippen molar-refractivity contribution in [2.24, 2.45) is 0 Å². The molecule has 0 N–H and O–H groups in total. The van der Waals surface area contributed by atoms with Crippen molar-refractivity contribution < 1.29 is 0 Å². The van der Waals surface area contributed by atoms with Gasteiger partial charge in [-0.05, 0) is 31.2 Å². The van der Waals surface area contributed by atoms with E-state index >= 15 is 0 Å². The van der Waals surface area contributed by atoms with Gasteiger partial charge in [0.15, 0.2) is 9.50 Å². The molecule has 0 radical (unpaired) electrons. The largest absolute Gasteiger partial charge is 0.231 e. The van der Waals surface area contributed by atoms with Crippen molar-refractivity contribution >= 4 is 56.7 Å². The zero-order chi connectivity index (χ0) is 16.1. The second-order valence-electron chi connectivity index (χ2n) is 4.67. The average molecular weight is 380 g/mol. The van der Waals surface area contributed by atoms with Crippen LogP contribution in [0, 0.1) is 6.92 Å². The van der Waals surface area contributed by atoms with Gasteiger partial charge in [-0.15, -0.1) is 11.3 Å². The zero-order valence-corrected chi connectivity index (χ0v) is 15.6. The number of halogens is 1. The number of thiazole rings is 1. The normalized spacial score (nSPS) is 11.6. The number of thioether (sulfide) groups is 2. The molecule has 0 aliphatic rings. The predicted octanol–water partition coefficient (Wildman–Crippen LogP) is 5.49. The highest BCUT2D eigenvalue weighted by Crippen LogP contribution is 2.31. The standard InChI is InChI=1S/C16H14ClN3S3/c1-11-6-7-18-15(19-11)21-8-2-3-9-22-16-20-13-5-4-12(17)10-14(13)23-16/h2-7,10H,8-9H2,1H3/b3-2+. The van der Waals surface area contributed by atoms with E-state index in [1.165, 1.54) is 0 Å². The molecule has 3 nitrogen and oxygen atoms in total. The zero-order valence-electron chi connectivity index (χ0n) is 12.4. The van der Waals surface area contributed by atoms with Crippen LogP contribution in [0.4, 0.5) is 0 Å². The van der Waals surface area contributed by atoms with Gasteiger partial charge in [0.2, 0.25) is 0 Å². The van der Waals surface area contributed by atoms with Gasteiger partial charge >= 0.3 is 0 Å². The molecule has 0 bridgehead atoms. The number of hydrogen-bond donors (Lipinski definition) is 0. The molecule has 3 aromatic rings. The summed E-state index contributed by atoms with van der Waals surface area (Å²) in [7, 11) is 0. The molecular formula is C16H14ClN3S3. The predicted molar refractivity (Wildman–Crippen MR) is 102 cm³/mol. The van der Waals surface area contributed by atoms with E-state index in [-0.39, 0.29) is 0 Å². The highest BCUT2D eigenvalue weighted by molar-refractivity contribution is 8.01. The number of hydrogen-bond acceptors (Lipinski definition) is 6. The van der Waals surface area contributed by atoms with Gasteiger partial charge < -0.3 is 0 Å². The Bertz CT molecular complexity index is 832. The van der Waals surface area contributed by atoms with Crippen LogP contribution >= 0.6 is 46.5 Å². The van der Waals surface area contributed by atoms with E-state index in [2.05, 4.69) is 27.1 Å². The lowest BCUT2D eigenvalue weighted by Gasteiger charge is -1.97. The molecule has 0 saturated carbocycles. The van der Waals surface area contributed by atoms with E-state index in [0.29, 0.717) is 0 Å². The Labute approximate surface area is 152 Å². The van der Waals surface area contributed by atoms with Gasteiger partial charge in [0, 0.05) is 28.4 Å². The van der Waals surface area contributed by atoms with E-state index in [0.717, 1.165) is 41.9 Å². The van der Waals surface area contributed by atoms with Crippen LogP contribution in [0.1, 0.15) is 5.69 Å². The maximum Gasteiger partial charge on any atom is 0.188 e. The minimum Gasteiger partial charge on any atom is -0.231 e. The Morgan fingerprint density at radius 3 is 2.78 bits per heavy atom. The van der Waals surface area contributed by atoms with Crippen LogP contribution in [0.15, 0.2) is 52.1 Å². The molecule has 0 atom stereocenters. The molecule has 7 heteroatoms. The minimum atomic E-state index is 0.757. The van der Waals surface area contributed by atoms with Crippen molar-refractivity contribution in [1.29, 1.82) is 0 Å². The van der Waals surface area contributed by atoms with Gasteiger partial charge in [-0.2, -0.15) is 0 Å². The Morgan fingerprint density at radius 2 is 1.96 bits per heavy atom. The first-order valence-corrected chi connectivity index (χ1v) is 10.1. The molecule has 118 valence electrons. The van der Waals surface area contributed by atoms with Crippen LogP contribution in [-0.2, 0) is 0 Å². The molecule has 0 fully saturated rings. The first-order valence-electron chi connectivity index (χ1n) is 6.97. The summed E-state index contributed by atoms with van der Waals surface area (Å²) in [6.45, 7) is 1.98. The number of benzene rings is 1. The Kier molecular flexibility index (Phi) is 5.94. The third-order valence-corrected chi connectivity index (χ3v) is 6.04. The van der Waals surface area contributed by atoms with E-state index in [9.17, 15) is 0 Å². The van der Waals surface area contributed by atoms with Crippen molar-refractivity contribution in [3.05, 3.63) is 53.3 Å². The summed E-state index contributed by atoms with van der Waals surface area (Å²) in [5.74, 6) is 1.78. The molecule has 0 aliphatic carbocycles. The first kappa shape index (κ1) is 16.8. The summed E-state index contributed by atoms with van der Waals surface area (Å²) >= 11 is 11.1. The molecular weight excluding hydrogens is 366 g/mol. The van der Waals surface area contributed by atoms with Gasteiger partial charge in [0.25, 0.3) is 0 Å². The lowest BCUT2D eigenvalue weighted by Crippen LogP contribution is -1.88. The Balaban J connectivity index is 1.46. The number of aromatic nitrogens is 3. The van der Waals surface area contributed by atoms with Gasteiger partial charge in [0.1, 0.15) is 0 Å². The average Bonchev–Trinajstić information content (AvgIpc) is 2.92. The van der Waals surface area contributed by atoms with Gasteiger partial charge in [-0.3, -0.25) is 0 Å². The fraction of sp³-hybridized carbons (Fsp3) is 0.188. The van der Waals surface area contributed by atoms with E-state index < -0.39 is 0 Å². The van der Waals surface area contributed by atoms with E-state index in [4.69, 9.17) is 11.6 Å². The van der Waals surface area contributed by atoms with Crippen LogP contribution < -0.4 is 0 Å². The minimum absolute atomic E-state index is 0.757. The van der Waals surface area contributed by atoms with Crippen LogP contribution in [0.5, 0.6) is 0 Å². The van der Waals surface area contributed by atoms with Crippen LogP contribution in [0.25, 0.3) is 10.2 Å². The van der Waals surface area contributed by atoms with Gasteiger partial charge in [0.05, 0.1) is 10.2 Å². The number of fused-ring (bicyclic) bond motifs is 1. The third-order valence-electron chi connectivity index (χ3n) is 2.88. The SMILES string of the molecule is Cc1ccnc(SC/C=C/CSc2nc3ccc(Cl)cc3s2)n1. The fourth-order valence-corrected chi connectivity index (χ4v) is 4.76. The smallest absolute Gasteiger partial charge is 0.188 e. The van der Waals surface area contributed by atoms with Crippen molar-refractivity contribution in [3.8, 4) is 0 Å².